The Morgan fingerprint density at radius 1 is 1.20 bits per heavy atom. The van der Waals surface area contributed by atoms with Gasteiger partial charge in [-0.05, 0) is 47.7 Å². The van der Waals surface area contributed by atoms with Crippen molar-refractivity contribution in [1.29, 1.82) is 0 Å². The summed E-state index contributed by atoms with van der Waals surface area (Å²) in [6, 6.07) is 10.5. The van der Waals surface area contributed by atoms with Crippen molar-refractivity contribution in [1.82, 2.24) is 30.1 Å². The standard InChI is InChI=1S/C32H34FN7O3S/c1-2-15-38(32(43)35-17-22-7-4-3-5-8-22)39-20-28(41)40-25(16-21-11-13-24(33)14-12-21)30(42)37(19-27(39)40)18-23-9-6-10-26-29(23)36-31(34)44-26/h2,4,6-14,25,27H,1,3,5,15-20H2,(H2,34,36)(H,35,43)/t25-,27+/m0/s1. The smallest absolute Gasteiger partial charge is 0.332 e. The number of nitrogens with one attached hydrogen (secondary N) is 1. The number of allylic oxidation sites excluding steroid dienone is 2. The molecular formula is C32H34FN7O3S. The minimum Gasteiger partial charge on any atom is -0.375 e. The van der Waals surface area contributed by atoms with Crippen molar-refractivity contribution in [3.05, 3.63) is 95.9 Å². The summed E-state index contributed by atoms with van der Waals surface area (Å²) in [5, 5.41) is 6.64. The van der Waals surface area contributed by atoms with Crippen LogP contribution in [0.3, 0.4) is 0 Å². The molecule has 1 aromatic heterocycles. The van der Waals surface area contributed by atoms with Crippen LogP contribution >= 0.6 is 11.3 Å². The zero-order chi connectivity index (χ0) is 30.8. The Balaban J connectivity index is 1.31. The van der Waals surface area contributed by atoms with Crippen molar-refractivity contribution in [2.24, 2.45) is 0 Å². The van der Waals surface area contributed by atoms with E-state index in [0.29, 0.717) is 11.7 Å². The van der Waals surface area contributed by atoms with E-state index < -0.39 is 12.2 Å². The maximum Gasteiger partial charge on any atom is 0.332 e. The van der Waals surface area contributed by atoms with E-state index in [4.69, 9.17) is 5.73 Å². The lowest BCUT2D eigenvalue weighted by molar-refractivity contribution is -0.157. The normalized spacial score (nSPS) is 20.2. The summed E-state index contributed by atoms with van der Waals surface area (Å²) >= 11 is 1.38. The highest BCUT2D eigenvalue weighted by molar-refractivity contribution is 7.22. The molecular weight excluding hydrogens is 581 g/mol. The molecule has 3 aliphatic rings. The lowest BCUT2D eigenvalue weighted by Crippen LogP contribution is -2.66. The van der Waals surface area contributed by atoms with Crippen LogP contribution in [-0.2, 0) is 22.6 Å². The molecule has 6 rings (SSSR count). The van der Waals surface area contributed by atoms with Crippen LogP contribution in [0.1, 0.15) is 24.0 Å². The van der Waals surface area contributed by atoms with Crippen molar-refractivity contribution < 1.29 is 18.8 Å². The second-order valence-corrected chi connectivity index (χ2v) is 12.1. The van der Waals surface area contributed by atoms with E-state index >= 15 is 0 Å². The molecule has 0 saturated carbocycles. The van der Waals surface area contributed by atoms with Crippen LogP contribution in [-0.4, -0.2) is 81.0 Å². The van der Waals surface area contributed by atoms with Gasteiger partial charge in [-0.25, -0.2) is 14.2 Å². The third kappa shape index (κ3) is 5.95. The number of hydrogen-bond acceptors (Lipinski definition) is 7. The van der Waals surface area contributed by atoms with Gasteiger partial charge in [0.15, 0.2) is 5.13 Å². The number of carbonyl (C=O) groups is 3. The molecule has 1 aliphatic carbocycles. The molecule has 2 atom stereocenters. The van der Waals surface area contributed by atoms with Crippen LogP contribution in [0, 0.1) is 5.82 Å². The number of anilines is 1. The largest absolute Gasteiger partial charge is 0.375 e. The maximum absolute atomic E-state index is 14.1. The molecule has 12 heteroatoms. The highest BCUT2D eigenvalue weighted by atomic mass is 32.1. The number of thiazole rings is 1. The number of nitrogen functional groups attached to an aromatic ring is 1. The minimum absolute atomic E-state index is 0.0756. The molecule has 3 aromatic rings. The number of nitrogens with zero attached hydrogens (tertiary/aromatic N) is 5. The Bertz CT molecular complexity index is 1650. The van der Waals surface area contributed by atoms with Gasteiger partial charge < -0.3 is 20.9 Å². The lowest BCUT2D eigenvalue weighted by Gasteiger charge is -2.46. The highest BCUT2D eigenvalue weighted by Crippen LogP contribution is 2.32. The molecule has 0 bridgehead atoms. The topological polar surface area (TPSA) is 115 Å². The van der Waals surface area contributed by atoms with Gasteiger partial charge in [-0.15, -0.1) is 6.58 Å². The molecule has 4 amide bonds. The zero-order valence-electron chi connectivity index (χ0n) is 24.2. The average Bonchev–Trinajstić information content (AvgIpc) is 3.57. The summed E-state index contributed by atoms with van der Waals surface area (Å²) in [7, 11) is 0. The van der Waals surface area contributed by atoms with Gasteiger partial charge in [-0.3, -0.25) is 14.6 Å². The molecule has 10 nitrogen and oxygen atoms in total. The molecule has 3 heterocycles. The van der Waals surface area contributed by atoms with E-state index in [1.54, 1.807) is 33.0 Å². The number of para-hydroxylation sites is 1. The molecule has 0 unspecified atom stereocenters. The first-order valence-corrected chi connectivity index (χ1v) is 15.4. The first-order chi connectivity index (χ1) is 21.3. The zero-order valence-corrected chi connectivity index (χ0v) is 25.0. The summed E-state index contributed by atoms with van der Waals surface area (Å²) in [5.41, 5.74) is 9.31. The second kappa shape index (κ2) is 12.6. The van der Waals surface area contributed by atoms with E-state index in [2.05, 4.69) is 29.0 Å². The lowest BCUT2D eigenvalue weighted by atomic mass is 10.00. The summed E-state index contributed by atoms with van der Waals surface area (Å²) in [5.74, 6) is -0.867. The van der Waals surface area contributed by atoms with Crippen LogP contribution in [0.4, 0.5) is 14.3 Å². The predicted octanol–water partition coefficient (Wildman–Crippen LogP) is 3.83. The molecule has 44 heavy (non-hydrogen) atoms. The summed E-state index contributed by atoms with van der Waals surface area (Å²) < 4.78 is 14.6. The summed E-state index contributed by atoms with van der Waals surface area (Å²) in [6.45, 7) is 4.72. The van der Waals surface area contributed by atoms with Crippen molar-refractivity contribution in [2.45, 2.75) is 38.0 Å². The molecule has 2 saturated heterocycles. The molecule has 2 fully saturated rings. The number of nitrogens with two attached hydrogens (primary N) is 1. The molecule has 2 aliphatic heterocycles. The second-order valence-electron chi connectivity index (χ2n) is 11.0. The van der Waals surface area contributed by atoms with Gasteiger partial charge in [0.1, 0.15) is 18.0 Å². The summed E-state index contributed by atoms with van der Waals surface area (Å²) in [4.78, 5) is 49.1. The Hall–Kier alpha value is -4.55. The van der Waals surface area contributed by atoms with Gasteiger partial charge in [0, 0.05) is 19.5 Å². The van der Waals surface area contributed by atoms with E-state index in [1.807, 2.05) is 24.3 Å². The van der Waals surface area contributed by atoms with E-state index in [9.17, 15) is 18.8 Å². The van der Waals surface area contributed by atoms with Crippen LogP contribution in [0.15, 0.2) is 78.9 Å². The number of fused-ring (bicyclic) bond motifs is 2. The first kappa shape index (κ1) is 29.5. The number of piperazine rings is 1. The monoisotopic (exact) mass is 615 g/mol. The van der Waals surface area contributed by atoms with E-state index in [1.165, 1.54) is 28.5 Å². The Morgan fingerprint density at radius 2 is 2.02 bits per heavy atom. The van der Waals surface area contributed by atoms with Crippen LogP contribution in [0.25, 0.3) is 10.2 Å². The number of urea groups is 1. The van der Waals surface area contributed by atoms with Crippen molar-refractivity contribution >= 4 is 44.5 Å². The van der Waals surface area contributed by atoms with Crippen LogP contribution in [0.2, 0.25) is 0 Å². The average molecular weight is 616 g/mol. The molecule has 228 valence electrons. The number of halogens is 1. The summed E-state index contributed by atoms with van der Waals surface area (Å²) in [6.07, 6.45) is 9.29. The molecule has 3 N–H and O–H groups in total. The van der Waals surface area contributed by atoms with Crippen molar-refractivity contribution in [3.8, 4) is 0 Å². The number of rotatable bonds is 9. The fourth-order valence-electron chi connectivity index (χ4n) is 6.08. The SMILES string of the molecule is C=CCN(C(=O)NCC1=CCCC=C1)N1CC(=O)N2[C@@H](Cc3ccc(F)cc3)C(=O)N(Cc3cccc4sc(N)nc34)C[C@@H]21. The van der Waals surface area contributed by atoms with Crippen molar-refractivity contribution in [3.63, 3.8) is 0 Å². The fourth-order valence-corrected chi connectivity index (χ4v) is 6.87. The van der Waals surface area contributed by atoms with E-state index in [-0.39, 0.29) is 56.3 Å². The third-order valence-corrected chi connectivity index (χ3v) is 9.00. The quantitative estimate of drug-likeness (QED) is 0.354. The van der Waals surface area contributed by atoms with Gasteiger partial charge >= 0.3 is 6.03 Å². The Labute approximate surface area is 258 Å². The Morgan fingerprint density at radius 3 is 2.77 bits per heavy atom. The molecule has 0 radical (unpaired) electrons. The van der Waals surface area contributed by atoms with Crippen LogP contribution < -0.4 is 11.1 Å². The number of hydrogen-bond donors (Lipinski definition) is 2. The van der Waals surface area contributed by atoms with Gasteiger partial charge in [0.25, 0.3) is 0 Å². The minimum atomic E-state index is -0.845. The van der Waals surface area contributed by atoms with Crippen LogP contribution in [0.5, 0.6) is 0 Å². The van der Waals surface area contributed by atoms with Gasteiger partial charge in [0.2, 0.25) is 11.8 Å². The van der Waals surface area contributed by atoms with E-state index in [0.717, 1.165) is 39.8 Å². The predicted molar refractivity (Wildman–Crippen MR) is 167 cm³/mol. The van der Waals surface area contributed by atoms with Gasteiger partial charge in [-0.1, -0.05) is 59.9 Å². The third-order valence-electron chi connectivity index (χ3n) is 8.15. The molecule has 0 spiro atoms. The number of hydrazine groups is 1. The van der Waals surface area contributed by atoms with Gasteiger partial charge in [-0.2, -0.15) is 5.01 Å². The highest BCUT2D eigenvalue weighted by Gasteiger charge is 2.52. The first-order valence-electron chi connectivity index (χ1n) is 14.6. The number of benzene rings is 2. The van der Waals surface area contributed by atoms with Gasteiger partial charge in [0.05, 0.1) is 29.9 Å². The maximum atomic E-state index is 14.1. The fraction of sp³-hybridized carbons (Fsp3) is 0.312. The number of amides is 4. The number of carbonyl (C=O) groups excluding carboxylic acids is 3. The Kier molecular flexibility index (Phi) is 8.45. The van der Waals surface area contributed by atoms with Crippen molar-refractivity contribution in [2.75, 3.05) is 31.9 Å². The molecule has 2 aromatic carbocycles. The number of aromatic nitrogens is 1.